The first-order chi connectivity index (χ1) is 11.4. The maximum absolute atomic E-state index is 12.0. The second kappa shape index (κ2) is 8.51. The molecule has 0 spiro atoms. The van der Waals surface area contributed by atoms with E-state index in [-0.39, 0.29) is 10.6 Å². The van der Waals surface area contributed by atoms with Crippen molar-refractivity contribution >= 4 is 56.7 Å². The third-order valence-electron chi connectivity index (χ3n) is 3.21. The smallest absolute Gasteiger partial charge is 0.340 e. The van der Waals surface area contributed by atoms with Crippen LogP contribution < -0.4 is 5.32 Å². The average molecular weight is 431 g/mol. The van der Waals surface area contributed by atoms with Crippen molar-refractivity contribution in [3.63, 3.8) is 0 Å². The molecular formula is C17H14BrCl2NO3. The Kier molecular flexibility index (Phi) is 6.66. The van der Waals surface area contributed by atoms with Crippen molar-refractivity contribution in [2.75, 3.05) is 11.9 Å². The lowest BCUT2D eigenvalue weighted by Crippen LogP contribution is -2.21. The van der Waals surface area contributed by atoms with Crippen LogP contribution in [0.4, 0.5) is 5.69 Å². The van der Waals surface area contributed by atoms with E-state index in [2.05, 4.69) is 21.2 Å². The largest absolute Gasteiger partial charge is 0.452 e. The van der Waals surface area contributed by atoms with E-state index < -0.39 is 18.5 Å². The van der Waals surface area contributed by atoms with Gasteiger partial charge in [0.2, 0.25) is 0 Å². The fourth-order valence-electron chi connectivity index (χ4n) is 2.03. The predicted octanol–water partition coefficient (Wildman–Crippen LogP) is 5.11. The number of aryl methyl sites for hydroxylation is 1. The first kappa shape index (κ1) is 18.8. The summed E-state index contributed by atoms with van der Waals surface area (Å²) in [4.78, 5) is 24.0. The number of esters is 1. The third-order valence-corrected chi connectivity index (χ3v) is 4.25. The minimum Gasteiger partial charge on any atom is -0.452 e. The van der Waals surface area contributed by atoms with Gasteiger partial charge in [0.15, 0.2) is 6.61 Å². The predicted molar refractivity (Wildman–Crippen MR) is 98.9 cm³/mol. The molecule has 0 unspecified atom stereocenters. The number of benzene rings is 2. The van der Waals surface area contributed by atoms with Gasteiger partial charge in [0.1, 0.15) is 0 Å². The second-order valence-electron chi connectivity index (χ2n) is 4.90. The van der Waals surface area contributed by atoms with E-state index in [1.54, 1.807) is 6.07 Å². The van der Waals surface area contributed by atoms with E-state index in [0.29, 0.717) is 10.7 Å². The average Bonchev–Trinajstić information content (AvgIpc) is 2.54. The molecule has 2 aromatic rings. The summed E-state index contributed by atoms with van der Waals surface area (Å²) in [7, 11) is 0. The summed E-state index contributed by atoms with van der Waals surface area (Å²) in [5.41, 5.74) is 1.82. The molecule has 0 bridgehead atoms. The summed E-state index contributed by atoms with van der Waals surface area (Å²) < 4.78 is 5.92. The van der Waals surface area contributed by atoms with Crippen molar-refractivity contribution in [2.24, 2.45) is 0 Å². The molecule has 0 aliphatic carbocycles. The number of carbonyl (C=O) groups is 2. The van der Waals surface area contributed by atoms with Crippen LogP contribution in [0.3, 0.4) is 0 Å². The van der Waals surface area contributed by atoms with Gasteiger partial charge in [-0.2, -0.15) is 0 Å². The highest BCUT2D eigenvalue weighted by Crippen LogP contribution is 2.23. The zero-order chi connectivity index (χ0) is 17.7. The Balaban J connectivity index is 1.97. The van der Waals surface area contributed by atoms with Crippen molar-refractivity contribution in [3.05, 3.63) is 62.0 Å². The zero-order valence-corrected chi connectivity index (χ0v) is 15.8. The molecule has 0 atom stereocenters. The quantitative estimate of drug-likeness (QED) is 0.670. The van der Waals surface area contributed by atoms with Gasteiger partial charge in [-0.25, -0.2) is 4.79 Å². The van der Waals surface area contributed by atoms with Crippen LogP contribution in [0.25, 0.3) is 0 Å². The Morgan fingerprint density at radius 2 is 1.92 bits per heavy atom. The van der Waals surface area contributed by atoms with Crippen molar-refractivity contribution in [2.45, 2.75) is 13.3 Å². The summed E-state index contributed by atoms with van der Waals surface area (Å²) >= 11 is 15.1. The van der Waals surface area contributed by atoms with Crippen molar-refractivity contribution in [1.82, 2.24) is 0 Å². The third kappa shape index (κ3) is 4.97. The lowest BCUT2D eigenvalue weighted by atomic mass is 10.1. The van der Waals surface area contributed by atoms with Crippen LogP contribution >= 0.6 is 39.1 Å². The van der Waals surface area contributed by atoms with E-state index in [1.807, 2.05) is 19.1 Å². The van der Waals surface area contributed by atoms with Crippen LogP contribution in [0.1, 0.15) is 22.8 Å². The molecule has 0 aliphatic rings. The molecular weight excluding hydrogens is 417 g/mol. The van der Waals surface area contributed by atoms with E-state index in [1.165, 1.54) is 18.2 Å². The number of anilines is 1. The monoisotopic (exact) mass is 429 g/mol. The lowest BCUT2D eigenvalue weighted by molar-refractivity contribution is -0.119. The van der Waals surface area contributed by atoms with E-state index in [9.17, 15) is 9.59 Å². The molecule has 0 saturated heterocycles. The Labute approximate surface area is 158 Å². The highest BCUT2D eigenvalue weighted by molar-refractivity contribution is 9.10. The topological polar surface area (TPSA) is 55.4 Å². The van der Waals surface area contributed by atoms with Gasteiger partial charge < -0.3 is 10.1 Å². The Morgan fingerprint density at radius 1 is 1.17 bits per heavy atom. The zero-order valence-electron chi connectivity index (χ0n) is 12.7. The molecule has 24 heavy (non-hydrogen) atoms. The SMILES string of the molecule is CCc1cc(Br)ccc1NC(=O)COC(=O)c1ccc(Cl)cc1Cl. The highest BCUT2D eigenvalue weighted by Gasteiger charge is 2.14. The number of hydrogen-bond donors (Lipinski definition) is 1. The molecule has 2 aromatic carbocycles. The van der Waals surface area contributed by atoms with Gasteiger partial charge in [-0.3, -0.25) is 4.79 Å². The summed E-state index contributed by atoms with van der Waals surface area (Å²) in [5, 5.41) is 3.32. The van der Waals surface area contributed by atoms with Gasteiger partial charge in [0.05, 0.1) is 10.6 Å². The van der Waals surface area contributed by atoms with Crippen molar-refractivity contribution in [3.8, 4) is 0 Å². The van der Waals surface area contributed by atoms with E-state index >= 15 is 0 Å². The summed E-state index contributed by atoms with van der Waals surface area (Å²) in [5.74, 6) is -1.11. The minimum atomic E-state index is -0.682. The normalized spacial score (nSPS) is 10.3. The Morgan fingerprint density at radius 3 is 2.58 bits per heavy atom. The second-order valence-corrected chi connectivity index (χ2v) is 6.66. The standard InChI is InChI=1S/C17H14BrCl2NO3/c1-2-10-7-11(18)3-6-15(10)21-16(22)9-24-17(23)13-5-4-12(19)8-14(13)20/h3-8H,2,9H2,1H3,(H,21,22). The summed E-state index contributed by atoms with van der Waals surface area (Å²) in [6.07, 6.45) is 0.759. The maximum Gasteiger partial charge on any atom is 0.340 e. The van der Waals surface area contributed by atoms with Gasteiger partial charge >= 0.3 is 5.97 Å². The van der Waals surface area contributed by atoms with E-state index in [4.69, 9.17) is 27.9 Å². The molecule has 0 fully saturated rings. The number of carbonyl (C=O) groups excluding carboxylic acids is 2. The molecule has 2 rings (SSSR count). The molecule has 0 radical (unpaired) electrons. The van der Waals surface area contributed by atoms with Crippen LogP contribution in [0.15, 0.2) is 40.9 Å². The molecule has 7 heteroatoms. The Hall–Kier alpha value is -1.56. The molecule has 0 aromatic heterocycles. The first-order valence-electron chi connectivity index (χ1n) is 7.11. The molecule has 1 N–H and O–H groups in total. The van der Waals surface area contributed by atoms with Gasteiger partial charge in [0.25, 0.3) is 5.91 Å². The number of amides is 1. The molecule has 4 nitrogen and oxygen atoms in total. The number of rotatable bonds is 5. The van der Waals surface area contributed by atoms with Crippen LogP contribution in [-0.2, 0) is 16.0 Å². The molecule has 0 heterocycles. The van der Waals surface area contributed by atoms with Crippen LogP contribution in [-0.4, -0.2) is 18.5 Å². The fourth-order valence-corrected chi connectivity index (χ4v) is 2.92. The van der Waals surface area contributed by atoms with Gasteiger partial charge in [-0.15, -0.1) is 0 Å². The van der Waals surface area contributed by atoms with E-state index in [0.717, 1.165) is 16.5 Å². The van der Waals surface area contributed by atoms with Crippen molar-refractivity contribution < 1.29 is 14.3 Å². The first-order valence-corrected chi connectivity index (χ1v) is 8.66. The summed E-state index contributed by atoms with van der Waals surface area (Å²) in [6, 6.07) is 9.96. The molecule has 126 valence electrons. The molecule has 0 aliphatic heterocycles. The fraction of sp³-hybridized carbons (Fsp3) is 0.176. The van der Waals surface area contributed by atoms with Crippen LogP contribution in [0, 0.1) is 0 Å². The minimum absolute atomic E-state index is 0.159. The molecule has 0 saturated carbocycles. The summed E-state index contributed by atoms with van der Waals surface area (Å²) in [6.45, 7) is 1.58. The molecule has 1 amide bonds. The van der Waals surface area contributed by atoms with Crippen LogP contribution in [0.2, 0.25) is 10.0 Å². The van der Waals surface area contributed by atoms with Gasteiger partial charge in [-0.05, 0) is 48.4 Å². The number of halogens is 3. The Bertz CT molecular complexity index is 780. The van der Waals surface area contributed by atoms with Crippen LogP contribution in [0.5, 0.6) is 0 Å². The highest BCUT2D eigenvalue weighted by atomic mass is 79.9. The lowest BCUT2D eigenvalue weighted by Gasteiger charge is -2.11. The number of nitrogens with one attached hydrogen (secondary N) is 1. The van der Waals surface area contributed by atoms with Crippen molar-refractivity contribution in [1.29, 1.82) is 0 Å². The van der Waals surface area contributed by atoms with Gasteiger partial charge in [0, 0.05) is 15.2 Å². The number of ether oxygens (including phenoxy) is 1. The maximum atomic E-state index is 12.0. The van der Waals surface area contributed by atoms with Gasteiger partial charge in [-0.1, -0.05) is 46.1 Å². The number of hydrogen-bond acceptors (Lipinski definition) is 3.